The Balaban J connectivity index is 2.22. The van der Waals surface area contributed by atoms with E-state index in [-0.39, 0.29) is 0 Å². The van der Waals surface area contributed by atoms with Crippen LogP contribution in [0.1, 0.15) is 31.9 Å². The van der Waals surface area contributed by atoms with Crippen molar-refractivity contribution in [3.8, 4) is 5.75 Å². The topological polar surface area (TPSA) is 24.5 Å². The van der Waals surface area contributed by atoms with Crippen molar-refractivity contribution in [2.75, 3.05) is 33.3 Å². The summed E-state index contributed by atoms with van der Waals surface area (Å²) in [6.07, 6.45) is 1.19. The molecule has 3 nitrogen and oxygen atoms in total. The van der Waals surface area contributed by atoms with E-state index in [2.05, 4.69) is 58.2 Å². The molecule has 1 fully saturated rings. The van der Waals surface area contributed by atoms with Gasteiger partial charge in [-0.3, -0.25) is 4.90 Å². The molecule has 0 aliphatic carbocycles. The average molecular weight is 341 g/mol. The summed E-state index contributed by atoms with van der Waals surface area (Å²) in [5, 5.41) is 3.43. The van der Waals surface area contributed by atoms with Crippen LogP contribution >= 0.6 is 15.9 Å². The molecular formula is C16H25BrN2O. The minimum Gasteiger partial charge on any atom is -0.496 e. The second-order valence-electron chi connectivity index (χ2n) is 5.83. The molecular weight excluding hydrogens is 316 g/mol. The molecule has 0 aromatic heterocycles. The lowest BCUT2D eigenvalue weighted by Crippen LogP contribution is -2.45. The maximum atomic E-state index is 5.34. The fourth-order valence-electron chi connectivity index (χ4n) is 2.83. The van der Waals surface area contributed by atoms with Crippen molar-refractivity contribution in [3.05, 3.63) is 28.2 Å². The van der Waals surface area contributed by atoms with E-state index in [9.17, 15) is 0 Å². The minimum absolute atomic E-state index is 0.499. The number of nitrogens with zero attached hydrogens (tertiary/aromatic N) is 1. The summed E-state index contributed by atoms with van der Waals surface area (Å²) in [7, 11) is 1.71. The normalized spacial score (nSPS) is 18.2. The Labute approximate surface area is 130 Å². The van der Waals surface area contributed by atoms with Crippen molar-refractivity contribution in [3.63, 3.8) is 0 Å². The van der Waals surface area contributed by atoms with Crippen LogP contribution in [-0.2, 0) is 0 Å². The highest BCUT2D eigenvalue weighted by Gasteiger charge is 2.23. The van der Waals surface area contributed by atoms with Crippen LogP contribution in [0.25, 0.3) is 0 Å². The molecule has 0 saturated carbocycles. The van der Waals surface area contributed by atoms with E-state index in [0.29, 0.717) is 12.0 Å². The third-order valence-electron chi connectivity index (χ3n) is 3.85. The van der Waals surface area contributed by atoms with Crippen molar-refractivity contribution >= 4 is 15.9 Å². The molecule has 1 heterocycles. The summed E-state index contributed by atoms with van der Waals surface area (Å²) in [6.45, 7) is 9.03. The Kier molecular flexibility index (Phi) is 5.87. The molecule has 20 heavy (non-hydrogen) atoms. The van der Waals surface area contributed by atoms with E-state index in [1.807, 2.05) is 0 Å². The van der Waals surface area contributed by atoms with Gasteiger partial charge in [0, 0.05) is 32.2 Å². The van der Waals surface area contributed by atoms with Crippen molar-refractivity contribution in [2.24, 2.45) is 5.92 Å². The number of piperazine rings is 1. The first-order valence-corrected chi connectivity index (χ1v) is 8.19. The summed E-state index contributed by atoms with van der Waals surface area (Å²) in [6, 6.07) is 6.99. The van der Waals surface area contributed by atoms with E-state index in [0.717, 1.165) is 36.4 Å². The lowest BCUT2D eigenvalue weighted by atomic mass is 9.95. The van der Waals surface area contributed by atoms with Crippen LogP contribution in [0.4, 0.5) is 0 Å². The minimum atomic E-state index is 0.499. The van der Waals surface area contributed by atoms with Crippen LogP contribution in [0.15, 0.2) is 22.7 Å². The molecule has 0 amide bonds. The molecule has 4 heteroatoms. The molecule has 1 saturated heterocycles. The summed E-state index contributed by atoms with van der Waals surface area (Å²) in [5.74, 6) is 1.59. The van der Waals surface area contributed by atoms with E-state index in [1.165, 1.54) is 12.0 Å². The SMILES string of the molecule is COc1ccc([C@H](CC(C)C)N2CCNCC2)cc1Br. The molecule has 1 atom stereocenters. The van der Waals surface area contributed by atoms with E-state index >= 15 is 0 Å². The highest BCUT2D eigenvalue weighted by molar-refractivity contribution is 9.10. The maximum absolute atomic E-state index is 5.34. The van der Waals surface area contributed by atoms with Gasteiger partial charge in [-0.2, -0.15) is 0 Å². The summed E-state index contributed by atoms with van der Waals surface area (Å²) >= 11 is 3.61. The smallest absolute Gasteiger partial charge is 0.133 e. The van der Waals surface area contributed by atoms with Crippen LogP contribution in [0.5, 0.6) is 5.75 Å². The van der Waals surface area contributed by atoms with Crippen LogP contribution in [-0.4, -0.2) is 38.2 Å². The molecule has 0 bridgehead atoms. The molecule has 1 aromatic carbocycles. The lowest BCUT2D eigenvalue weighted by molar-refractivity contribution is 0.154. The number of halogens is 1. The summed E-state index contributed by atoms with van der Waals surface area (Å²) in [4.78, 5) is 2.60. The fourth-order valence-corrected chi connectivity index (χ4v) is 3.38. The first-order valence-electron chi connectivity index (χ1n) is 7.40. The Hall–Kier alpha value is -0.580. The second-order valence-corrected chi connectivity index (χ2v) is 6.68. The van der Waals surface area contributed by atoms with Gasteiger partial charge in [0.1, 0.15) is 5.75 Å². The summed E-state index contributed by atoms with van der Waals surface area (Å²) in [5.41, 5.74) is 1.38. The van der Waals surface area contributed by atoms with Gasteiger partial charge in [0.25, 0.3) is 0 Å². The third-order valence-corrected chi connectivity index (χ3v) is 4.47. The number of rotatable bonds is 5. The number of methoxy groups -OCH3 is 1. The monoisotopic (exact) mass is 340 g/mol. The van der Waals surface area contributed by atoms with Gasteiger partial charge in [0.15, 0.2) is 0 Å². The average Bonchev–Trinajstić information content (AvgIpc) is 2.45. The van der Waals surface area contributed by atoms with Gasteiger partial charge in [0.05, 0.1) is 11.6 Å². The second kappa shape index (κ2) is 7.43. The van der Waals surface area contributed by atoms with Crippen molar-refractivity contribution < 1.29 is 4.74 Å². The quantitative estimate of drug-likeness (QED) is 0.888. The fraction of sp³-hybridized carbons (Fsp3) is 0.625. The highest BCUT2D eigenvalue weighted by Crippen LogP contribution is 2.33. The van der Waals surface area contributed by atoms with E-state index < -0.39 is 0 Å². The van der Waals surface area contributed by atoms with Gasteiger partial charge in [-0.25, -0.2) is 0 Å². The Morgan fingerprint density at radius 1 is 1.30 bits per heavy atom. The van der Waals surface area contributed by atoms with Gasteiger partial charge in [-0.05, 0) is 46.0 Å². The number of nitrogens with one attached hydrogen (secondary N) is 1. The van der Waals surface area contributed by atoms with Crippen LogP contribution in [0.3, 0.4) is 0 Å². The van der Waals surface area contributed by atoms with E-state index in [1.54, 1.807) is 7.11 Å². The zero-order valence-corrected chi connectivity index (χ0v) is 14.2. The van der Waals surface area contributed by atoms with Crippen molar-refractivity contribution in [2.45, 2.75) is 26.3 Å². The number of benzene rings is 1. The van der Waals surface area contributed by atoms with Gasteiger partial charge < -0.3 is 10.1 Å². The zero-order valence-electron chi connectivity index (χ0n) is 12.7. The first-order chi connectivity index (χ1) is 9.61. The number of ether oxygens (including phenoxy) is 1. The molecule has 1 N–H and O–H groups in total. The predicted molar refractivity (Wildman–Crippen MR) is 87.3 cm³/mol. The van der Waals surface area contributed by atoms with Crippen LogP contribution < -0.4 is 10.1 Å². The largest absolute Gasteiger partial charge is 0.496 e. The molecule has 1 aliphatic rings. The third kappa shape index (κ3) is 3.96. The molecule has 1 aliphatic heterocycles. The standard InChI is InChI=1S/C16H25BrN2O/c1-12(2)10-15(19-8-6-18-7-9-19)13-4-5-16(20-3)14(17)11-13/h4-5,11-12,15,18H,6-10H2,1-3H3/t15-/m0/s1. The maximum Gasteiger partial charge on any atom is 0.133 e. The summed E-state index contributed by atoms with van der Waals surface area (Å²) < 4.78 is 6.38. The molecule has 0 spiro atoms. The Morgan fingerprint density at radius 3 is 2.55 bits per heavy atom. The molecule has 2 rings (SSSR count). The molecule has 112 valence electrons. The lowest BCUT2D eigenvalue weighted by Gasteiger charge is -2.36. The highest BCUT2D eigenvalue weighted by atomic mass is 79.9. The van der Waals surface area contributed by atoms with Crippen LogP contribution in [0.2, 0.25) is 0 Å². The zero-order chi connectivity index (χ0) is 14.5. The van der Waals surface area contributed by atoms with Crippen molar-refractivity contribution in [1.82, 2.24) is 10.2 Å². The van der Waals surface area contributed by atoms with E-state index in [4.69, 9.17) is 4.74 Å². The van der Waals surface area contributed by atoms with Crippen LogP contribution in [0, 0.1) is 5.92 Å². The van der Waals surface area contributed by atoms with Gasteiger partial charge in [0.2, 0.25) is 0 Å². The Bertz CT molecular complexity index is 430. The molecule has 1 aromatic rings. The number of hydrogen-bond donors (Lipinski definition) is 1. The first kappa shape index (κ1) is 15.8. The van der Waals surface area contributed by atoms with Crippen molar-refractivity contribution in [1.29, 1.82) is 0 Å². The van der Waals surface area contributed by atoms with Gasteiger partial charge >= 0.3 is 0 Å². The van der Waals surface area contributed by atoms with Gasteiger partial charge in [-0.1, -0.05) is 19.9 Å². The number of hydrogen-bond acceptors (Lipinski definition) is 3. The predicted octanol–water partition coefficient (Wildman–Crippen LogP) is 3.45. The molecule has 0 unspecified atom stereocenters. The van der Waals surface area contributed by atoms with Gasteiger partial charge in [-0.15, -0.1) is 0 Å². The Morgan fingerprint density at radius 2 is 2.00 bits per heavy atom. The molecule has 0 radical (unpaired) electrons.